The van der Waals surface area contributed by atoms with Gasteiger partial charge in [0.1, 0.15) is 5.02 Å². The summed E-state index contributed by atoms with van der Waals surface area (Å²) in [7, 11) is 0. The summed E-state index contributed by atoms with van der Waals surface area (Å²) in [5.41, 5.74) is 0.171. The van der Waals surface area contributed by atoms with Crippen molar-refractivity contribution in [3.8, 4) is 0 Å². The molecule has 1 aliphatic rings. The van der Waals surface area contributed by atoms with Crippen LogP contribution in [0.15, 0.2) is 11.0 Å². The van der Waals surface area contributed by atoms with Crippen LogP contribution >= 0.6 is 11.6 Å². The molecule has 1 aromatic heterocycles. The van der Waals surface area contributed by atoms with Gasteiger partial charge in [-0.15, -0.1) is 0 Å². The maximum absolute atomic E-state index is 11.1. The van der Waals surface area contributed by atoms with Crippen molar-refractivity contribution in [1.29, 1.82) is 0 Å². The first kappa shape index (κ1) is 10.4. The number of hydrogen-bond acceptors (Lipinski definition) is 4. The molecular formula is C9H12ClN3O2. The molecule has 2 heterocycles. The molecule has 0 saturated carbocycles. The van der Waals surface area contributed by atoms with Crippen LogP contribution in [0.4, 0.5) is 5.69 Å². The molecule has 15 heavy (non-hydrogen) atoms. The molecule has 5 nitrogen and oxygen atoms in total. The Morgan fingerprint density at radius 1 is 1.73 bits per heavy atom. The van der Waals surface area contributed by atoms with Crippen molar-refractivity contribution in [2.24, 2.45) is 0 Å². The van der Waals surface area contributed by atoms with Crippen molar-refractivity contribution in [3.63, 3.8) is 0 Å². The number of ether oxygens (including phenoxy) is 1. The second-order valence-electron chi connectivity index (χ2n) is 3.44. The maximum Gasteiger partial charge on any atom is 0.285 e. The fourth-order valence-corrected chi connectivity index (χ4v) is 1.69. The summed E-state index contributed by atoms with van der Waals surface area (Å²) < 4.78 is 5.43. The summed E-state index contributed by atoms with van der Waals surface area (Å²) in [6, 6.07) is 0. The molecule has 1 saturated heterocycles. The predicted octanol–water partition coefficient (Wildman–Crippen LogP) is 1.01. The third-order valence-corrected chi connectivity index (χ3v) is 2.71. The van der Waals surface area contributed by atoms with E-state index in [9.17, 15) is 4.79 Å². The Labute approximate surface area is 91.8 Å². The average molecular weight is 230 g/mol. The Bertz CT molecular complexity index is 387. The minimum absolute atomic E-state index is 0.142. The number of nitrogens with one attached hydrogen (secondary N) is 2. The Hall–Kier alpha value is -1.07. The highest BCUT2D eigenvalue weighted by atomic mass is 35.5. The lowest BCUT2D eigenvalue weighted by atomic mass is 10.2. The molecule has 0 aliphatic carbocycles. The molecule has 6 heteroatoms. The Balaban J connectivity index is 1.98. The third-order valence-electron chi connectivity index (χ3n) is 2.34. The lowest BCUT2D eigenvalue weighted by Crippen LogP contribution is -2.20. The number of nitrogens with zero attached hydrogens (tertiary/aromatic N) is 1. The van der Waals surface area contributed by atoms with Crippen molar-refractivity contribution >= 4 is 17.3 Å². The predicted molar refractivity (Wildman–Crippen MR) is 57.3 cm³/mol. The topological polar surface area (TPSA) is 67.0 Å². The van der Waals surface area contributed by atoms with Crippen molar-refractivity contribution < 1.29 is 4.74 Å². The molecule has 0 unspecified atom stereocenters. The molecule has 1 fully saturated rings. The first-order valence-electron chi connectivity index (χ1n) is 4.86. The van der Waals surface area contributed by atoms with Crippen molar-refractivity contribution in [2.45, 2.75) is 18.9 Å². The van der Waals surface area contributed by atoms with E-state index in [1.54, 1.807) is 0 Å². The van der Waals surface area contributed by atoms with Gasteiger partial charge in [-0.25, -0.2) is 5.10 Å². The third kappa shape index (κ3) is 2.49. The normalized spacial score (nSPS) is 20.5. The molecule has 2 N–H and O–H groups in total. The zero-order valence-corrected chi connectivity index (χ0v) is 8.88. The molecule has 0 bridgehead atoms. The molecule has 1 atom stereocenters. The van der Waals surface area contributed by atoms with Gasteiger partial charge in [-0.05, 0) is 12.8 Å². The zero-order chi connectivity index (χ0) is 10.7. The summed E-state index contributed by atoms with van der Waals surface area (Å²) in [6.45, 7) is 1.47. The van der Waals surface area contributed by atoms with E-state index < -0.39 is 0 Å². The summed E-state index contributed by atoms with van der Waals surface area (Å²) in [4.78, 5) is 11.1. The Morgan fingerprint density at radius 3 is 3.33 bits per heavy atom. The number of rotatable bonds is 3. The SMILES string of the molecule is O=c1[nH]ncc(NC[C@H]2CCCO2)c1Cl. The molecule has 82 valence electrons. The second kappa shape index (κ2) is 4.63. The first-order chi connectivity index (χ1) is 7.27. The highest BCUT2D eigenvalue weighted by Crippen LogP contribution is 2.17. The fraction of sp³-hybridized carbons (Fsp3) is 0.556. The molecule has 1 aliphatic heterocycles. The average Bonchev–Trinajstić information content (AvgIpc) is 2.73. The van der Waals surface area contributed by atoms with Crippen molar-refractivity contribution in [3.05, 3.63) is 21.6 Å². The van der Waals surface area contributed by atoms with E-state index in [1.165, 1.54) is 6.20 Å². The summed E-state index contributed by atoms with van der Waals surface area (Å²) in [6.07, 6.45) is 3.84. The van der Waals surface area contributed by atoms with E-state index in [-0.39, 0.29) is 16.7 Å². The zero-order valence-electron chi connectivity index (χ0n) is 8.12. The largest absolute Gasteiger partial charge is 0.380 e. The van der Waals surface area contributed by atoms with Gasteiger partial charge in [-0.2, -0.15) is 5.10 Å². The smallest absolute Gasteiger partial charge is 0.285 e. The monoisotopic (exact) mass is 229 g/mol. The van der Waals surface area contributed by atoms with Crippen LogP contribution in [0.3, 0.4) is 0 Å². The number of aromatic amines is 1. The van der Waals surface area contributed by atoms with Gasteiger partial charge in [0.2, 0.25) is 0 Å². The minimum atomic E-state index is -0.381. The van der Waals surface area contributed by atoms with E-state index in [0.29, 0.717) is 12.2 Å². The van der Waals surface area contributed by atoms with Gasteiger partial charge in [0.25, 0.3) is 5.56 Å². The van der Waals surface area contributed by atoms with E-state index in [2.05, 4.69) is 15.5 Å². The van der Waals surface area contributed by atoms with E-state index in [0.717, 1.165) is 19.4 Å². The lowest BCUT2D eigenvalue weighted by Gasteiger charge is -2.11. The number of aromatic nitrogens is 2. The van der Waals surface area contributed by atoms with E-state index >= 15 is 0 Å². The fourth-order valence-electron chi connectivity index (χ4n) is 1.54. The van der Waals surface area contributed by atoms with Crippen LogP contribution in [0, 0.1) is 0 Å². The summed E-state index contributed by atoms with van der Waals surface area (Å²) in [5.74, 6) is 0. The molecule has 0 amide bonds. The second-order valence-corrected chi connectivity index (χ2v) is 3.82. The number of H-pyrrole nitrogens is 1. The van der Waals surface area contributed by atoms with Crippen molar-refractivity contribution in [2.75, 3.05) is 18.5 Å². The molecule has 1 aromatic rings. The lowest BCUT2D eigenvalue weighted by molar-refractivity contribution is 0.120. The minimum Gasteiger partial charge on any atom is -0.380 e. The first-order valence-corrected chi connectivity index (χ1v) is 5.24. The summed E-state index contributed by atoms with van der Waals surface area (Å²) >= 11 is 5.79. The summed E-state index contributed by atoms with van der Waals surface area (Å²) in [5, 5.41) is 9.12. The van der Waals surface area contributed by atoms with Crippen LogP contribution in [0.2, 0.25) is 5.02 Å². The molecule has 0 spiro atoms. The van der Waals surface area contributed by atoms with Gasteiger partial charge in [-0.3, -0.25) is 4.79 Å². The van der Waals surface area contributed by atoms with Gasteiger partial charge in [0.05, 0.1) is 18.0 Å². The molecular weight excluding hydrogens is 218 g/mol. The van der Waals surface area contributed by atoms with Gasteiger partial charge >= 0.3 is 0 Å². The Kier molecular flexibility index (Phi) is 3.23. The van der Waals surface area contributed by atoms with Crippen LogP contribution in [0.5, 0.6) is 0 Å². The van der Waals surface area contributed by atoms with Crippen LogP contribution in [-0.4, -0.2) is 29.5 Å². The highest BCUT2D eigenvalue weighted by Gasteiger charge is 2.15. The molecule has 0 aromatic carbocycles. The van der Waals surface area contributed by atoms with Gasteiger partial charge in [0.15, 0.2) is 0 Å². The molecule has 0 radical (unpaired) electrons. The van der Waals surface area contributed by atoms with Crippen LogP contribution in [0.25, 0.3) is 0 Å². The maximum atomic E-state index is 11.1. The van der Waals surface area contributed by atoms with Gasteiger partial charge in [0, 0.05) is 13.2 Å². The number of hydrogen-bond donors (Lipinski definition) is 2. The highest BCUT2D eigenvalue weighted by molar-refractivity contribution is 6.32. The van der Waals surface area contributed by atoms with Crippen molar-refractivity contribution in [1.82, 2.24) is 10.2 Å². The quantitative estimate of drug-likeness (QED) is 0.812. The number of anilines is 1. The van der Waals surface area contributed by atoms with Gasteiger partial charge in [-0.1, -0.05) is 11.6 Å². The Morgan fingerprint density at radius 2 is 2.60 bits per heavy atom. The molecule has 2 rings (SSSR count). The van der Waals surface area contributed by atoms with Gasteiger partial charge < -0.3 is 10.1 Å². The van der Waals surface area contributed by atoms with E-state index in [4.69, 9.17) is 16.3 Å². The van der Waals surface area contributed by atoms with Crippen LogP contribution in [-0.2, 0) is 4.74 Å². The number of halogens is 1. The van der Waals surface area contributed by atoms with Crippen LogP contribution < -0.4 is 10.9 Å². The standard InChI is InChI=1S/C9H12ClN3O2/c10-8-7(5-12-13-9(8)14)11-4-6-2-1-3-15-6/h5-6H,1-4H2,(H2,11,13,14)/t6-/m1/s1. The van der Waals surface area contributed by atoms with E-state index in [1.807, 2.05) is 0 Å². The van der Waals surface area contributed by atoms with Crippen LogP contribution in [0.1, 0.15) is 12.8 Å².